The molecule has 0 amide bonds. The van der Waals surface area contributed by atoms with Gasteiger partial charge < -0.3 is 5.11 Å². The van der Waals surface area contributed by atoms with E-state index in [0.717, 1.165) is 12.2 Å². The largest absolute Gasteiger partial charge is 0.390 e. The van der Waals surface area contributed by atoms with E-state index in [-0.39, 0.29) is 0 Å². The Morgan fingerprint density at radius 1 is 1.06 bits per heavy atom. The quantitative estimate of drug-likeness (QED) is 0.621. The first-order valence-corrected chi connectivity index (χ1v) is 5.14. The minimum absolute atomic E-state index is 0.638. The molecule has 2 aliphatic carbocycles. The van der Waals surface area contributed by atoms with Gasteiger partial charge >= 0.3 is 11.8 Å². The van der Waals surface area contributed by atoms with Crippen molar-refractivity contribution >= 4 is 0 Å². The number of aliphatic hydroxyl groups excluding tert-OH is 1. The number of alkyl halides is 7. The van der Waals surface area contributed by atoms with Gasteiger partial charge in [0.05, 0.1) is 0 Å². The molecular weight excluding hydrogens is 269 g/mol. The van der Waals surface area contributed by atoms with Gasteiger partial charge in [0.1, 0.15) is 6.61 Å². The first-order valence-electron chi connectivity index (χ1n) is 5.14. The van der Waals surface area contributed by atoms with E-state index >= 15 is 0 Å². The zero-order valence-electron chi connectivity index (χ0n) is 8.82. The van der Waals surface area contributed by atoms with Gasteiger partial charge in [0.2, 0.25) is 5.67 Å². The zero-order valence-corrected chi connectivity index (χ0v) is 8.82. The van der Waals surface area contributed by atoms with Crippen molar-refractivity contribution in [3.63, 3.8) is 0 Å². The molecule has 3 unspecified atom stereocenters. The number of hydrogen-bond donors (Lipinski definition) is 1. The number of halogens is 7. The van der Waals surface area contributed by atoms with E-state index < -0.39 is 48.3 Å². The van der Waals surface area contributed by atoms with Gasteiger partial charge in [0, 0.05) is 11.8 Å². The average molecular weight is 278 g/mol. The first-order chi connectivity index (χ1) is 8.02. The molecule has 18 heavy (non-hydrogen) atoms. The van der Waals surface area contributed by atoms with E-state index in [1.165, 1.54) is 0 Å². The van der Waals surface area contributed by atoms with Crippen molar-refractivity contribution in [1.82, 2.24) is 0 Å². The van der Waals surface area contributed by atoms with Crippen molar-refractivity contribution in [2.45, 2.75) is 29.9 Å². The van der Waals surface area contributed by atoms with Crippen LogP contribution in [-0.4, -0.2) is 35.1 Å². The lowest BCUT2D eigenvalue weighted by molar-refractivity contribution is -0.331. The van der Waals surface area contributed by atoms with Crippen molar-refractivity contribution in [2.24, 2.45) is 11.8 Å². The molecule has 0 spiro atoms. The molecule has 104 valence electrons. The first kappa shape index (κ1) is 13.6. The molecule has 1 N–H and O–H groups in total. The number of rotatable bonds is 3. The Balaban J connectivity index is 2.53. The summed E-state index contributed by atoms with van der Waals surface area (Å²) in [6, 6.07) is 0. The maximum absolute atomic E-state index is 14.1. The van der Waals surface area contributed by atoms with Crippen LogP contribution in [0.25, 0.3) is 0 Å². The summed E-state index contributed by atoms with van der Waals surface area (Å²) in [7, 11) is 0. The van der Waals surface area contributed by atoms with Crippen LogP contribution in [0.3, 0.4) is 0 Å². The lowest BCUT2D eigenvalue weighted by Crippen LogP contribution is -2.67. The van der Waals surface area contributed by atoms with Crippen molar-refractivity contribution in [1.29, 1.82) is 0 Å². The molecule has 0 aliphatic heterocycles. The minimum Gasteiger partial charge on any atom is -0.390 e. The van der Waals surface area contributed by atoms with Gasteiger partial charge in [-0.05, 0) is 6.42 Å². The van der Waals surface area contributed by atoms with Crippen LogP contribution in [-0.2, 0) is 0 Å². The highest BCUT2D eigenvalue weighted by Gasteiger charge is 2.85. The fourth-order valence-corrected chi connectivity index (χ4v) is 2.59. The van der Waals surface area contributed by atoms with Crippen LogP contribution in [0, 0.1) is 11.8 Å². The maximum atomic E-state index is 14.1. The molecule has 0 heterocycles. The zero-order chi connectivity index (χ0) is 14.0. The Labute approximate surface area is 97.3 Å². The third-order valence-corrected chi connectivity index (χ3v) is 3.66. The Hall–Kier alpha value is -0.790. The molecule has 0 saturated heterocycles. The number of fused-ring (bicyclic) bond motifs is 2. The molecule has 3 atom stereocenters. The Morgan fingerprint density at radius 3 is 1.94 bits per heavy atom. The SMILES string of the molecule is OCC(F)(F)C(F)(F)C1(F)C2C=CC(C2)C1(F)F. The van der Waals surface area contributed by atoms with Crippen molar-refractivity contribution < 1.29 is 35.8 Å². The Morgan fingerprint density at radius 2 is 1.56 bits per heavy atom. The molecule has 1 saturated carbocycles. The predicted molar refractivity (Wildman–Crippen MR) is 46.5 cm³/mol. The molecule has 0 aromatic rings. The molecule has 2 bridgehead atoms. The van der Waals surface area contributed by atoms with Gasteiger partial charge in [-0.1, -0.05) is 12.2 Å². The van der Waals surface area contributed by atoms with E-state index in [9.17, 15) is 30.7 Å². The molecule has 0 radical (unpaired) electrons. The monoisotopic (exact) mass is 278 g/mol. The van der Waals surface area contributed by atoms with Crippen LogP contribution < -0.4 is 0 Å². The molecule has 2 aliphatic rings. The van der Waals surface area contributed by atoms with Crippen molar-refractivity contribution in [3.05, 3.63) is 12.2 Å². The standard InChI is InChI=1S/C10H9F7O/c11-7(12,4-18)10(16,17)8(13)5-1-2-6(3-5)9(8,14)15/h1-2,5-6,18H,3-4H2. The normalized spacial score (nSPS) is 38.4. The second kappa shape index (κ2) is 3.40. The lowest BCUT2D eigenvalue weighted by Gasteiger charge is -2.42. The second-order valence-corrected chi connectivity index (χ2v) is 4.61. The highest BCUT2D eigenvalue weighted by atomic mass is 19.3. The Bertz CT molecular complexity index is 392. The summed E-state index contributed by atoms with van der Waals surface area (Å²) in [6.45, 7) is -2.40. The van der Waals surface area contributed by atoms with Gasteiger partial charge in [0.25, 0.3) is 5.92 Å². The third-order valence-electron chi connectivity index (χ3n) is 3.66. The predicted octanol–water partition coefficient (Wildman–Crippen LogP) is 2.80. The number of allylic oxidation sites excluding steroid dienone is 2. The van der Waals surface area contributed by atoms with E-state index in [2.05, 4.69) is 0 Å². The number of hydrogen-bond acceptors (Lipinski definition) is 1. The summed E-state index contributed by atoms with van der Waals surface area (Å²) >= 11 is 0. The van der Waals surface area contributed by atoms with Gasteiger partial charge in [-0.25, -0.2) is 13.2 Å². The molecule has 0 aromatic heterocycles. The van der Waals surface area contributed by atoms with Gasteiger partial charge in [-0.2, -0.15) is 17.6 Å². The fraction of sp³-hybridized carbons (Fsp3) is 0.800. The van der Waals surface area contributed by atoms with Gasteiger partial charge in [0.15, 0.2) is 0 Å². The summed E-state index contributed by atoms with van der Waals surface area (Å²) in [6.07, 6.45) is 0.986. The van der Waals surface area contributed by atoms with Gasteiger partial charge in [-0.3, -0.25) is 0 Å². The van der Waals surface area contributed by atoms with Crippen LogP contribution in [0.15, 0.2) is 12.2 Å². The topological polar surface area (TPSA) is 20.2 Å². The van der Waals surface area contributed by atoms with Crippen LogP contribution in [0.2, 0.25) is 0 Å². The smallest absolute Gasteiger partial charge is 0.352 e. The third kappa shape index (κ3) is 1.22. The highest BCUT2D eigenvalue weighted by molar-refractivity contribution is 5.29. The summed E-state index contributed by atoms with van der Waals surface area (Å²) in [5.74, 6) is -19.3. The Kier molecular flexibility index (Phi) is 2.58. The van der Waals surface area contributed by atoms with Gasteiger partial charge in [-0.15, -0.1) is 0 Å². The second-order valence-electron chi connectivity index (χ2n) is 4.61. The molecule has 1 nitrogen and oxygen atoms in total. The van der Waals surface area contributed by atoms with Crippen LogP contribution >= 0.6 is 0 Å². The van der Waals surface area contributed by atoms with Crippen molar-refractivity contribution in [3.8, 4) is 0 Å². The van der Waals surface area contributed by atoms with Crippen LogP contribution in [0.5, 0.6) is 0 Å². The molecule has 0 aromatic carbocycles. The molecule has 2 rings (SSSR count). The minimum atomic E-state index is -5.65. The lowest BCUT2D eigenvalue weighted by atomic mass is 9.78. The van der Waals surface area contributed by atoms with E-state index in [1.54, 1.807) is 0 Å². The summed E-state index contributed by atoms with van der Waals surface area (Å²) < 4.78 is 93.8. The fourth-order valence-electron chi connectivity index (χ4n) is 2.59. The van der Waals surface area contributed by atoms with Crippen molar-refractivity contribution in [2.75, 3.05) is 6.61 Å². The summed E-state index contributed by atoms with van der Waals surface area (Å²) in [5, 5.41) is 8.19. The molecule has 1 fully saturated rings. The van der Waals surface area contributed by atoms with Crippen LogP contribution in [0.4, 0.5) is 30.7 Å². The number of aliphatic hydroxyl groups is 1. The van der Waals surface area contributed by atoms with E-state index in [4.69, 9.17) is 5.11 Å². The summed E-state index contributed by atoms with van der Waals surface area (Å²) in [4.78, 5) is 0. The maximum Gasteiger partial charge on any atom is 0.352 e. The highest BCUT2D eigenvalue weighted by Crippen LogP contribution is 2.65. The summed E-state index contributed by atoms with van der Waals surface area (Å²) in [5.41, 5.74) is -4.67. The van der Waals surface area contributed by atoms with E-state index in [1.807, 2.05) is 0 Å². The van der Waals surface area contributed by atoms with Crippen LogP contribution in [0.1, 0.15) is 6.42 Å². The average Bonchev–Trinajstić information content (AvgIpc) is 2.81. The molecular formula is C10H9F7O. The molecule has 8 heteroatoms. The van der Waals surface area contributed by atoms with E-state index in [0.29, 0.717) is 0 Å².